The normalized spacial score (nSPS) is 21.8. The van der Waals surface area contributed by atoms with Crippen LogP contribution in [0.4, 0.5) is 5.82 Å². The highest BCUT2D eigenvalue weighted by Gasteiger charge is 2.24. The van der Waals surface area contributed by atoms with Crippen molar-refractivity contribution in [3.63, 3.8) is 0 Å². The van der Waals surface area contributed by atoms with Crippen molar-refractivity contribution in [3.8, 4) is 0 Å². The van der Waals surface area contributed by atoms with Gasteiger partial charge in [-0.25, -0.2) is 4.98 Å². The molecule has 0 unspecified atom stereocenters. The second kappa shape index (κ2) is 3.88. The molecule has 1 fully saturated rings. The molecule has 0 aliphatic carbocycles. The maximum atomic E-state index is 11.5. The zero-order valence-electron chi connectivity index (χ0n) is 8.81. The summed E-state index contributed by atoms with van der Waals surface area (Å²) in [7, 11) is 1.85. The van der Waals surface area contributed by atoms with Gasteiger partial charge in [-0.2, -0.15) is 0 Å². The van der Waals surface area contributed by atoms with E-state index >= 15 is 0 Å². The van der Waals surface area contributed by atoms with Crippen LogP contribution in [-0.4, -0.2) is 29.4 Å². The third-order valence-corrected chi connectivity index (χ3v) is 2.94. The summed E-state index contributed by atoms with van der Waals surface area (Å²) >= 11 is 0. The molecule has 0 spiro atoms. The first-order valence-electron chi connectivity index (χ1n) is 5.12. The van der Waals surface area contributed by atoms with E-state index in [2.05, 4.69) is 4.98 Å². The molecule has 0 radical (unpaired) electrons. The average Bonchev–Trinajstić information content (AvgIpc) is 2.23. The molecule has 0 saturated carbocycles. The molecule has 1 atom stereocenters. The first kappa shape index (κ1) is 9.96. The van der Waals surface area contributed by atoms with Crippen molar-refractivity contribution in [1.82, 2.24) is 9.88 Å². The smallest absolute Gasteiger partial charge is 0.222 e. The first-order chi connectivity index (χ1) is 7.16. The van der Waals surface area contributed by atoms with Crippen molar-refractivity contribution in [2.75, 3.05) is 19.3 Å². The lowest BCUT2D eigenvalue weighted by molar-refractivity contribution is -0.132. The number of carbonyl (C=O) groups excluding carboxylic acids is 1. The zero-order chi connectivity index (χ0) is 10.8. The summed E-state index contributed by atoms with van der Waals surface area (Å²) in [6.45, 7) is 0.827. The Morgan fingerprint density at radius 3 is 2.93 bits per heavy atom. The monoisotopic (exact) mass is 205 g/mol. The molecular formula is C11H15N3O. The van der Waals surface area contributed by atoms with Gasteiger partial charge in [-0.3, -0.25) is 4.79 Å². The van der Waals surface area contributed by atoms with Crippen molar-refractivity contribution < 1.29 is 4.79 Å². The number of carbonyl (C=O) groups is 1. The Balaban J connectivity index is 2.12. The fourth-order valence-corrected chi connectivity index (χ4v) is 1.89. The Morgan fingerprint density at radius 2 is 2.33 bits per heavy atom. The minimum atomic E-state index is 0.211. The third kappa shape index (κ3) is 2.09. The number of nitrogen functional groups attached to an aromatic ring is 1. The minimum absolute atomic E-state index is 0.211. The van der Waals surface area contributed by atoms with Crippen molar-refractivity contribution in [2.24, 2.45) is 0 Å². The van der Waals surface area contributed by atoms with Crippen LogP contribution < -0.4 is 5.73 Å². The van der Waals surface area contributed by atoms with Crippen LogP contribution >= 0.6 is 0 Å². The van der Waals surface area contributed by atoms with E-state index in [0.717, 1.165) is 18.5 Å². The molecule has 4 nitrogen and oxygen atoms in total. The van der Waals surface area contributed by atoms with Gasteiger partial charge < -0.3 is 10.6 Å². The predicted octanol–water partition coefficient (Wildman–Crippen LogP) is 1.000. The molecule has 1 amide bonds. The molecule has 0 bridgehead atoms. The Kier molecular flexibility index (Phi) is 2.58. The summed E-state index contributed by atoms with van der Waals surface area (Å²) in [4.78, 5) is 17.4. The summed E-state index contributed by atoms with van der Waals surface area (Å²) in [5.41, 5.74) is 6.64. The van der Waals surface area contributed by atoms with E-state index in [1.54, 1.807) is 17.2 Å². The van der Waals surface area contributed by atoms with Crippen molar-refractivity contribution in [2.45, 2.75) is 18.8 Å². The number of nitrogens with zero attached hydrogens (tertiary/aromatic N) is 2. The summed E-state index contributed by atoms with van der Waals surface area (Å²) in [6.07, 6.45) is 3.37. The lowest BCUT2D eigenvalue weighted by atomic mass is 9.90. The Hall–Kier alpha value is -1.58. The van der Waals surface area contributed by atoms with E-state index in [0.29, 0.717) is 18.2 Å². The second-order valence-corrected chi connectivity index (χ2v) is 4.02. The van der Waals surface area contributed by atoms with Crippen LogP contribution in [0.1, 0.15) is 24.3 Å². The van der Waals surface area contributed by atoms with Gasteiger partial charge >= 0.3 is 0 Å². The Morgan fingerprint density at radius 1 is 1.53 bits per heavy atom. The number of pyridine rings is 1. The van der Waals surface area contributed by atoms with Gasteiger partial charge in [0.05, 0.1) is 0 Å². The van der Waals surface area contributed by atoms with Crippen LogP contribution in [0.25, 0.3) is 0 Å². The first-order valence-corrected chi connectivity index (χ1v) is 5.12. The van der Waals surface area contributed by atoms with Gasteiger partial charge in [-0.1, -0.05) is 6.07 Å². The molecule has 1 aliphatic heterocycles. The van der Waals surface area contributed by atoms with E-state index in [1.807, 2.05) is 13.1 Å². The van der Waals surface area contributed by atoms with E-state index in [-0.39, 0.29) is 5.91 Å². The number of anilines is 1. The highest BCUT2D eigenvalue weighted by molar-refractivity contribution is 5.77. The van der Waals surface area contributed by atoms with E-state index < -0.39 is 0 Å². The fraction of sp³-hybridized carbons (Fsp3) is 0.455. The second-order valence-electron chi connectivity index (χ2n) is 4.02. The topological polar surface area (TPSA) is 59.2 Å². The molecular weight excluding hydrogens is 190 g/mol. The number of piperidine rings is 1. The molecule has 4 heteroatoms. The van der Waals surface area contributed by atoms with Crippen molar-refractivity contribution in [3.05, 3.63) is 23.9 Å². The number of nitrogens with two attached hydrogens (primary N) is 1. The number of amides is 1. The van der Waals surface area contributed by atoms with Gasteiger partial charge in [0, 0.05) is 26.2 Å². The number of aromatic nitrogens is 1. The van der Waals surface area contributed by atoms with E-state index in [9.17, 15) is 4.79 Å². The quantitative estimate of drug-likeness (QED) is 0.744. The third-order valence-electron chi connectivity index (χ3n) is 2.94. The van der Waals surface area contributed by atoms with Gasteiger partial charge in [-0.05, 0) is 24.0 Å². The average molecular weight is 205 g/mol. The van der Waals surface area contributed by atoms with Crippen LogP contribution in [-0.2, 0) is 4.79 Å². The summed E-state index contributed by atoms with van der Waals surface area (Å²) in [5.74, 6) is 1.04. The number of likely N-dealkylation sites (tertiary alicyclic amines) is 1. The highest BCUT2D eigenvalue weighted by Crippen LogP contribution is 2.27. The van der Waals surface area contributed by atoms with Crippen molar-refractivity contribution >= 4 is 11.7 Å². The minimum Gasteiger partial charge on any atom is -0.384 e. The van der Waals surface area contributed by atoms with Gasteiger partial charge in [-0.15, -0.1) is 0 Å². The molecule has 1 aromatic rings. The molecule has 80 valence electrons. The predicted molar refractivity (Wildman–Crippen MR) is 58.3 cm³/mol. The lowest BCUT2D eigenvalue weighted by Crippen LogP contribution is -2.34. The van der Waals surface area contributed by atoms with E-state index in [4.69, 9.17) is 5.73 Å². The molecule has 1 aliphatic rings. The maximum Gasteiger partial charge on any atom is 0.222 e. The van der Waals surface area contributed by atoms with Crippen LogP contribution in [0.3, 0.4) is 0 Å². The van der Waals surface area contributed by atoms with Crippen LogP contribution in [0, 0.1) is 0 Å². The molecule has 2 N–H and O–H groups in total. The lowest BCUT2D eigenvalue weighted by Gasteiger charge is -2.28. The zero-order valence-corrected chi connectivity index (χ0v) is 8.81. The fourth-order valence-electron chi connectivity index (χ4n) is 1.89. The Bertz CT molecular complexity index is 361. The molecule has 1 saturated heterocycles. The molecule has 0 aromatic carbocycles. The van der Waals surface area contributed by atoms with Gasteiger partial charge in [0.15, 0.2) is 0 Å². The van der Waals surface area contributed by atoms with E-state index in [1.165, 1.54) is 0 Å². The van der Waals surface area contributed by atoms with Gasteiger partial charge in [0.1, 0.15) is 5.82 Å². The standard InChI is InChI=1S/C11H15N3O/c1-14-5-4-8(6-11(14)15)9-2-3-10(12)13-7-9/h2-3,7-8H,4-6H2,1H3,(H2,12,13)/t8-/m1/s1. The molecule has 2 rings (SSSR count). The van der Waals surface area contributed by atoms with Crippen LogP contribution in [0.5, 0.6) is 0 Å². The Labute approximate surface area is 89.1 Å². The number of hydrogen-bond donors (Lipinski definition) is 1. The number of hydrogen-bond acceptors (Lipinski definition) is 3. The highest BCUT2D eigenvalue weighted by atomic mass is 16.2. The summed E-state index contributed by atoms with van der Waals surface area (Å²) in [6, 6.07) is 3.75. The largest absolute Gasteiger partial charge is 0.384 e. The maximum absolute atomic E-state index is 11.5. The molecule has 15 heavy (non-hydrogen) atoms. The van der Waals surface area contributed by atoms with Crippen LogP contribution in [0.15, 0.2) is 18.3 Å². The SMILES string of the molecule is CN1CC[C@@H](c2ccc(N)nc2)CC1=O. The molecule has 1 aromatic heterocycles. The van der Waals surface area contributed by atoms with Gasteiger partial charge in [0.25, 0.3) is 0 Å². The molecule has 2 heterocycles. The van der Waals surface area contributed by atoms with Gasteiger partial charge in [0.2, 0.25) is 5.91 Å². The number of rotatable bonds is 1. The van der Waals surface area contributed by atoms with Crippen LogP contribution in [0.2, 0.25) is 0 Å². The van der Waals surface area contributed by atoms with Crippen molar-refractivity contribution in [1.29, 1.82) is 0 Å². The summed E-state index contributed by atoms with van der Waals surface area (Å²) in [5, 5.41) is 0. The summed E-state index contributed by atoms with van der Waals surface area (Å²) < 4.78 is 0.